The SMILES string of the molecule is O=C(Nc1nnc(SCC(=O)N2CCCc3ccccc32)s1)c1ccc(C(=O)c2ccccc2)cc1. The molecule has 1 N–H and O–H groups in total. The van der Waals surface area contributed by atoms with Gasteiger partial charge in [-0.1, -0.05) is 83.8 Å². The second-order valence-electron chi connectivity index (χ2n) is 8.17. The first-order valence-electron chi connectivity index (χ1n) is 11.4. The zero-order valence-electron chi connectivity index (χ0n) is 19.2. The number of para-hydroxylation sites is 1. The minimum atomic E-state index is -0.345. The summed E-state index contributed by atoms with van der Waals surface area (Å²) in [4.78, 5) is 39.9. The number of ketones is 1. The van der Waals surface area contributed by atoms with Gasteiger partial charge in [-0.05, 0) is 36.6 Å². The lowest BCUT2D eigenvalue weighted by atomic mass is 10.0. The number of aryl methyl sites for hydroxylation is 1. The standard InChI is InChI=1S/C27H22N4O3S2/c32-23(31-16-6-10-18-7-4-5-11-22(18)31)17-35-27-30-29-26(36-27)28-25(34)21-14-12-20(13-15-21)24(33)19-8-2-1-3-9-19/h1-5,7-9,11-15H,6,10,16-17H2,(H,28,29,34). The molecule has 0 saturated heterocycles. The van der Waals surface area contributed by atoms with Gasteiger partial charge in [0.15, 0.2) is 10.1 Å². The lowest BCUT2D eigenvalue weighted by molar-refractivity contribution is -0.116. The third-order valence-corrected chi connectivity index (χ3v) is 7.76. The molecule has 2 heterocycles. The molecule has 0 saturated carbocycles. The molecule has 2 amide bonds. The van der Waals surface area contributed by atoms with E-state index in [1.807, 2.05) is 41.3 Å². The maximum absolute atomic E-state index is 12.8. The number of aromatic nitrogens is 2. The van der Waals surface area contributed by atoms with Crippen LogP contribution in [0.5, 0.6) is 0 Å². The normalized spacial score (nSPS) is 12.6. The number of anilines is 2. The predicted molar refractivity (Wildman–Crippen MR) is 142 cm³/mol. The van der Waals surface area contributed by atoms with E-state index in [0.717, 1.165) is 18.5 Å². The lowest BCUT2D eigenvalue weighted by Gasteiger charge is -2.29. The van der Waals surface area contributed by atoms with E-state index in [4.69, 9.17) is 0 Å². The molecule has 7 nitrogen and oxygen atoms in total. The number of thioether (sulfide) groups is 1. The van der Waals surface area contributed by atoms with Crippen LogP contribution in [0, 0.1) is 0 Å². The van der Waals surface area contributed by atoms with Crippen LogP contribution in [0.2, 0.25) is 0 Å². The summed E-state index contributed by atoms with van der Waals surface area (Å²) in [5, 5.41) is 11.2. The van der Waals surface area contributed by atoms with Crippen LogP contribution in [0.4, 0.5) is 10.8 Å². The molecule has 0 bridgehead atoms. The van der Waals surface area contributed by atoms with Crippen molar-refractivity contribution in [3.05, 3.63) is 101 Å². The average Bonchev–Trinajstić information content (AvgIpc) is 3.38. The highest BCUT2D eigenvalue weighted by molar-refractivity contribution is 8.01. The molecule has 1 aliphatic rings. The van der Waals surface area contributed by atoms with Gasteiger partial charge in [0.1, 0.15) is 0 Å². The van der Waals surface area contributed by atoms with E-state index in [1.54, 1.807) is 36.4 Å². The molecule has 0 radical (unpaired) electrons. The minimum absolute atomic E-state index is 0.0260. The van der Waals surface area contributed by atoms with Crippen LogP contribution in [0.3, 0.4) is 0 Å². The Morgan fingerprint density at radius 2 is 1.56 bits per heavy atom. The van der Waals surface area contributed by atoms with Crippen LogP contribution in [-0.4, -0.2) is 40.1 Å². The maximum Gasteiger partial charge on any atom is 0.257 e. The van der Waals surface area contributed by atoms with Gasteiger partial charge in [0.25, 0.3) is 5.91 Å². The van der Waals surface area contributed by atoms with E-state index in [2.05, 4.69) is 21.6 Å². The quantitative estimate of drug-likeness (QED) is 0.210. The summed E-state index contributed by atoms with van der Waals surface area (Å²) in [6.45, 7) is 0.712. The first kappa shape index (κ1) is 23.9. The summed E-state index contributed by atoms with van der Waals surface area (Å²) in [7, 11) is 0. The van der Waals surface area contributed by atoms with Crippen molar-refractivity contribution in [2.75, 3.05) is 22.5 Å². The van der Waals surface area contributed by atoms with Crippen LogP contribution < -0.4 is 10.2 Å². The number of fused-ring (bicyclic) bond motifs is 1. The van der Waals surface area contributed by atoms with Crippen molar-refractivity contribution in [1.29, 1.82) is 0 Å². The van der Waals surface area contributed by atoms with Gasteiger partial charge in [-0.3, -0.25) is 19.7 Å². The van der Waals surface area contributed by atoms with E-state index in [-0.39, 0.29) is 23.4 Å². The number of amides is 2. The Morgan fingerprint density at radius 1 is 0.861 bits per heavy atom. The van der Waals surface area contributed by atoms with Crippen LogP contribution in [-0.2, 0) is 11.2 Å². The summed E-state index contributed by atoms with van der Waals surface area (Å²) in [6, 6.07) is 23.5. The van der Waals surface area contributed by atoms with E-state index in [9.17, 15) is 14.4 Å². The zero-order valence-corrected chi connectivity index (χ0v) is 20.8. The largest absolute Gasteiger partial charge is 0.311 e. The van der Waals surface area contributed by atoms with E-state index < -0.39 is 0 Å². The van der Waals surface area contributed by atoms with Crippen LogP contribution in [0.25, 0.3) is 0 Å². The van der Waals surface area contributed by atoms with Crippen LogP contribution in [0.1, 0.15) is 38.3 Å². The van der Waals surface area contributed by atoms with Crippen LogP contribution >= 0.6 is 23.1 Å². The smallest absolute Gasteiger partial charge is 0.257 e. The molecule has 0 unspecified atom stereocenters. The maximum atomic E-state index is 12.8. The Balaban J connectivity index is 1.16. The Bertz CT molecular complexity index is 1400. The van der Waals surface area contributed by atoms with E-state index >= 15 is 0 Å². The average molecular weight is 515 g/mol. The second kappa shape index (κ2) is 10.8. The van der Waals surface area contributed by atoms with Crippen molar-refractivity contribution in [2.45, 2.75) is 17.2 Å². The highest BCUT2D eigenvalue weighted by atomic mass is 32.2. The van der Waals surface area contributed by atoms with Crippen molar-refractivity contribution in [1.82, 2.24) is 10.2 Å². The van der Waals surface area contributed by atoms with Crippen molar-refractivity contribution < 1.29 is 14.4 Å². The van der Waals surface area contributed by atoms with E-state index in [0.29, 0.717) is 32.7 Å². The Kier molecular flexibility index (Phi) is 7.20. The number of rotatable bonds is 7. The summed E-state index contributed by atoms with van der Waals surface area (Å²) < 4.78 is 0.604. The molecule has 1 aliphatic heterocycles. The molecule has 36 heavy (non-hydrogen) atoms. The number of carbonyl (C=O) groups excluding carboxylic acids is 3. The van der Waals surface area contributed by atoms with Crippen molar-refractivity contribution >= 4 is 51.5 Å². The zero-order chi connectivity index (χ0) is 24.9. The monoisotopic (exact) mass is 514 g/mol. The summed E-state index contributed by atoms with van der Waals surface area (Å²) in [5.41, 5.74) is 3.68. The molecule has 1 aromatic heterocycles. The van der Waals surface area contributed by atoms with E-state index in [1.165, 1.54) is 28.7 Å². The fourth-order valence-corrected chi connectivity index (χ4v) is 5.63. The Labute approximate surface area is 216 Å². The summed E-state index contributed by atoms with van der Waals surface area (Å²) in [6.07, 6.45) is 1.93. The minimum Gasteiger partial charge on any atom is -0.311 e. The van der Waals surface area contributed by atoms with Gasteiger partial charge in [-0.2, -0.15) is 0 Å². The molecular formula is C27H22N4O3S2. The second-order valence-corrected chi connectivity index (χ2v) is 10.4. The number of carbonyl (C=O) groups is 3. The topological polar surface area (TPSA) is 92.3 Å². The summed E-state index contributed by atoms with van der Waals surface area (Å²) in [5.74, 6) is -0.176. The van der Waals surface area contributed by atoms with Gasteiger partial charge in [0.2, 0.25) is 11.0 Å². The third kappa shape index (κ3) is 5.37. The molecule has 5 rings (SSSR count). The molecule has 0 atom stereocenters. The number of benzene rings is 3. The number of nitrogens with zero attached hydrogens (tertiary/aromatic N) is 3. The third-order valence-electron chi connectivity index (χ3n) is 5.80. The van der Waals surface area contributed by atoms with Crippen LogP contribution in [0.15, 0.2) is 83.2 Å². The molecule has 4 aromatic rings. The molecule has 180 valence electrons. The predicted octanol–water partition coefficient (Wildman–Crippen LogP) is 5.09. The molecule has 0 fully saturated rings. The van der Waals surface area contributed by atoms with Gasteiger partial charge in [-0.25, -0.2) is 0 Å². The Hall–Kier alpha value is -3.82. The highest BCUT2D eigenvalue weighted by Crippen LogP contribution is 2.30. The first-order chi connectivity index (χ1) is 17.6. The number of hydrogen-bond acceptors (Lipinski definition) is 7. The first-order valence-corrected chi connectivity index (χ1v) is 13.2. The number of hydrogen-bond donors (Lipinski definition) is 1. The van der Waals surface area contributed by atoms with Crippen molar-refractivity contribution in [2.24, 2.45) is 0 Å². The van der Waals surface area contributed by atoms with Gasteiger partial charge >= 0.3 is 0 Å². The highest BCUT2D eigenvalue weighted by Gasteiger charge is 2.22. The van der Waals surface area contributed by atoms with Gasteiger partial charge < -0.3 is 4.90 Å². The molecule has 0 spiro atoms. The molecular weight excluding hydrogens is 492 g/mol. The molecule has 3 aromatic carbocycles. The van der Waals surface area contributed by atoms with Gasteiger partial charge in [0.05, 0.1) is 5.75 Å². The fourth-order valence-electron chi connectivity index (χ4n) is 4.01. The molecule has 0 aliphatic carbocycles. The van der Waals surface area contributed by atoms with Crippen molar-refractivity contribution in [3.8, 4) is 0 Å². The number of nitrogens with one attached hydrogen (secondary N) is 1. The van der Waals surface area contributed by atoms with Crippen molar-refractivity contribution in [3.63, 3.8) is 0 Å². The fraction of sp³-hybridized carbons (Fsp3) is 0.148. The van der Waals surface area contributed by atoms with Gasteiger partial charge in [-0.15, -0.1) is 10.2 Å². The summed E-state index contributed by atoms with van der Waals surface area (Å²) >= 11 is 2.53. The van der Waals surface area contributed by atoms with Gasteiger partial charge in [0, 0.05) is 28.9 Å². The molecule has 9 heteroatoms. The lowest BCUT2D eigenvalue weighted by Crippen LogP contribution is -2.36. The Morgan fingerprint density at radius 3 is 2.36 bits per heavy atom.